The lowest BCUT2D eigenvalue weighted by molar-refractivity contribution is -0.605. The van der Waals surface area contributed by atoms with Crippen LogP contribution in [-0.4, -0.2) is 42.5 Å². The maximum Gasteiger partial charge on any atom is 0.339 e. The van der Waals surface area contributed by atoms with Gasteiger partial charge in [-0.05, 0) is 11.1 Å². The second kappa shape index (κ2) is 7.86. The van der Waals surface area contributed by atoms with E-state index in [2.05, 4.69) is 0 Å². The molecule has 0 bridgehead atoms. The highest BCUT2D eigenvalue weighted by Crippen LogP contribution is 2.24. The lowest BCUT2D eigenvalue weighted by Crippen LogP contribution is -2.50. The Morgan fingerprint density at radius 1 is 1.15 bits per heavy atom. The topological polar surface area (TPSA) is 99.8 Å². The lowest BCUT2D eigenvalue weighted by Gasteiger charge is -2.35. The predicted octanol–water partition coefficient (Wildman–Crippen LogP) is 0.603. The molecule has 8 heteroatoms. The van der Waals surface area contributed by atoms with E-state index in [0.29, 0.717) is 11.2 Å². The van der Waals surface area contributed by atoms with Crippen LogP contribution in [0.1, 0.15) is 21.5 Å². The Morgan fingerprint density at radius 3 is 2.48 bits per heavy atom. The van der Waals surface area contributed by atoms with E-state index in [1.165, 1.54) is 24.1 Å². The van der Waals surface area contributed by atoms with Crippen LogP contribution in [0.15, 0.2) is 48.8 Å². The van der Waals surface area contributed by atoms with Crippen LogP contribution in [0.2, 0.25) is 0 Å². The molecule has 8 nitrogen and oxygen atoms in total. The van der Waals surface area contributed by atoms with E-state index in [4.69, 9.17) is 9.47 Å². The maximum absolute atomic E-state index is 12.6. The molecule has 1 aliphatic rings. The van der Waals surface area contributed by atoms with Gasteiger partial charge in [0.1, 0.15) is 6.04 Å². The number of aromatic nitrogens is 1. The van der Waals surface area contributed by atoms with Crippen LogP contribution in [0.3, 0.4) is 0 Å². The first-order chi connectivity index (χ1) is 13.0. The number of benzene rings is 1. The van der Waals surface area contributed by atoms with Gasteiger partial charge in [-0.3, -0.25) is 4.79 Å². The normalized spacial score (nSPS) is 15.6. The molecule has 0 fully saturated rings. The van der Waals surface area contributed by atoms with Crippen LogP contribution in [0.25, 0.3) is 0 Å². The molecule has 0 radical (unpaired) electrons. The fraction of sp³-hybridized carbons (Fsp3) is 0.263. The highest BCUT2D eigenvalue weighted by atomic mass is 16.5. The third kappa shape index (κ3) is 4.05. The van der Waals surface area contributed by atoms with Crippen molar-refractivity contribution in [2.24, 2.45) is 0 Å². The summed E-state index contributed by atoms with van der Waals surface area (Å²) in [5, 5.41) is 11.0. The molecule has 0 spiro atoms. The van der Waals surface area contributed by atoms with Crippen LogP contribution >= 0.6 is 0 Å². The summed E-state index contributed by atoms with van der Waals surface area (Å²) in [6, 6.07) is 9.35. The first-order valence-electron chi connectivity index (χ1n) is 8.29. The molecule has 1 aromatic carbocycles. The molecule has 0 N–H and O–H groups in total. The molecule has 1 aliphatic heterocycles. The van der Waals surface area contributed by atoms with E-state index in [-0.39, 0.29) is 12.1 Å². The molecule has 2 aromatic rings. The highest BCUT2D eigenvalue weighted by Gasteiger charge is 2.35. The molecule has 140 valence electrons. The molecular formula is C19H18N2O6. The number of hydrogen-bond donors (Lipinski definition) is 0. The van der Waals surface area contributed by atoms with Gasteiger partial charge < -0.3 is 19.6 Å². The van der Waals surface area contributed by atoms with Gasteiger partial charge in [0.05, 0.1) is 12.7 Å². The Morgan fingerprint density at radius 2 is 1.81 bits per heavy atom. The van der Waals surface area contributed by atoms with Crippen molar-refractivity contribution in [3.05, 3.63) is 70.7 Å². The second-order valence-corrected chi connectivity index (χ2v) is 6.06. The molecule has 0 saturated carbocycles. The Balaban J connectivity index is 1.70. The summed E-state index contributed by atoms with van der Waals surface area (Å²) in [6.07, 6.45) is 2.66. The maximum atomic E-state index is 12.6. The van der Waals surface area contributed by atoms with Crippen LogP contribution in [0, 0.1) is 5.21 Å². The molecule has 0 unspecified atom stereocenters. The zero-order chi connectivity index (χ0) is 19.4. The number of ether oxygens (including phenoxy) is 2. The van der Waals surface area contributed by atoms with Crippen molar-refractivity contribution in [3.63, 3.8) is 0 Å². The van der Waals surface area contributed by atoms with Gasteiger partial charge in [-0.15, -0.1) is 0 Å². The number of esters is 2. The molecule has 1 atom stereocenters. The standard InChI is InChI=1S/C19H18N2O6/c1-26-19(24)16-10-14-4-2-3-5-15(14)11-21(16)17(22)12-27-18(23)13-6-8-20(25)9-7-13/h2-9,16H,10-12H2,1H3/t16-/m0/s1. The number of pyridine rings is 1. The van der Waals surface area contributed by atoms with Gasteiger partial charge in [-0.2, -0.15) is 4.73 Å². The summed E-state index contributed by atoms with van der Waals surface area (Å²) < 4.78 is 10.4. The number of methoxy groups -OCH3 is 1. The van der Waals surface area contributed by atoms with E-state index in [0.717, 1.165) is 23.5 Å². The lowest BCUT2D eigenvalue weighted by atomic mass is 9.94. The largest absolute Gasteiger partial charge is 0.619 e. The molecule has 1 amide bonds. The second-order valence-electron chi connectivity index (χ2n) is 6.06. The average Bonchev–Trinajstić information content (AvgIpc) is 2.70. The SMILES string of the molecule is COC(=O)[C@@H]1Cc2ccccc2CN1C(=O)COC(=O)c1cc[n+]([O-])cc1. The number of nitrogens with zero attached hydrogens (tertiary/aromatic N) is 2. The van der Waals surface area contributed by atoms with Crippen molar-refractivity contribution < 1.29 is 28.6 Å². The molecule has 2 heterocycles. The molecule has 1 aromatic heterocycles. The Kier molecular flexibility index (Phi) is 5.35. The summed E-state index contributed by atoms with van der Waals surface area (Å²) in [6.45, 7) is -0.283. The van der Waals surface area contributed by atoms with Gasteiger partial charge in [-0.25, -0.2) is 9.59 Å². The van der Waals surface area contributed by atoms with Crippen molar-refractivity contribution in [3.8, 4) is 0 Å². The summed E-state index contributed by atoms with van der Waals surface area (Å²) in [5.74, 6) is -1.74. The molecule has 3 rings (SSSR count). The number of carbonyl (C=O) groups excluding carboxylic acids is 3. The zero-order valence-electron chi connectivity index (χ0n) is 14.7. The fourth-order valence-corrected chi connectivity index (χ4v) is 2.97. The summed E-state index contributed by atoms with van der Waals surface area (Å²) >= 11 is 0. The minimum absolute atomic E-state index is 0.156. The minimum atomic E-state index is -0.771. The monoisotopic (exact) mass is 370 g/mol. The van der Waals surface area contributed by atoms with Crippen molar-refractivity contribution in [1.82, 2.24) is 4.90 Å². The number of amides is 1. The molecular weight excluding hydrogens is 352 g/mol. The van der Waals surface area contributed by atoms with E-state index in [1.807, 2.05) is 24.3 Å². The van der Waals surface area contributed by atoms with Crippen molar-refractivity contribution in [1.29, 1.82) is 0 Å². The number of rotatable bonds is 4. The van der Waals surface area contributed by atoms with Crippen molar-refractivity contribution >= 4 is 17.8 Å². The fourth-order valence-electron chi connectivity index (χ4n) is 2.97. The number of fused-ring (bicyclic) bond motifs is 1. The van der Waals surface area contributed by atoms with Gasteiger partial charge in [0, 0.05) is 25.1 Å². The van der Waals surface area contributed by atoms with Crippen LogP contribution in [-0.2, 0) is 32.0 Å². The Hall–Kier alpha value is -3.42. The number of hydrogen-bond acceptors (Lipinski definition) is 6. The zero-order valence-corrected chi connectivity index (χ0v) is 14.7. The molecule has 0 aliphatic carbocycles. The average molecular weight is 370 g/mol. The number of carbonyl (C=O) groups is 3. The molecule has 0 saturated heterocycles. The van der Waals surface area contributed by atoms with E-state index < -0.39 is 30.5 Å². The quantitative estimate of drug-likeness (QED) is 0.444. The molecule has 27 heavy (non-hydrogen) atoms. The van der Waals surface area contributed by atoms with Gasteiger partial charge >= 0.3 is 11.9 Å². The first-order valence-corrected chi connectivity index (χ1v) is 8.29. The van der Waals surface area contributed by atoms with Crippen LogP contribution in [0.4, 0.5) is 0 Å². The summed E-state index contributed by atoms with van der Waals surface area (Å²) in [7, 11) is 1.27. The highest BCUT2D eigenvalue weighted by molar-refractivity contribution is 5.92. The Bertz CT molecular complexity index is 865. The smallest absolute Gasteiger partial charge is 0.339 e. The Labute approximate surface area is 155 Å². The van der Waals surface area contributed by atoms with E-state index >= 15 is 0 Å². The first kappa shape index (κ1) is 18.4. The van der Waals surface area contributed by atoms with Crippen molar-refractivity contribution in [2.45, 2.75) is 19.0 Å². The van der Waals surface area contributed by atoms with Gasteiger partial charge in [-0.1, -0.05) is 24.3 Å². The summed E-state index contributed by atoms with van der Waals surface area (Å²) in [5.41, 5.74) is 2.06. The summed E-state index contributed by atoms with van der Waals surface area (Å²) in [4.78, 5) is 38.1. The van der Waals surface area contributed by atoms with E-state index in [9.17, 15) is 19.6 Å². The van der Waals surface area contributed by atoms with Gasteiger partial charge in [0.15, 0.2) is 19.0 Å². The van der Waals surface area contributed by atoms with Crippen LogP contribution < -0.4 is 4.73 Å². The van der Waals surface area contributed by atoms with Gasteiger partial charge in [0.25, 0.3) is 5.91 Å². The predicted molar refractivity (Wildman–Crippen MR) is 92.2 cm³/mol. The van der Waals surface area contributed by atoms with E-state index in [1.54, 1.807) is 0 Å². The van der Waals surface area contributed by atoms with Crippen molar-refractivity contribution in [2.75, 3.05) is 13.7 Å². The van der Waals surface area contributed by atoms with Gasteiger partial charge in [0.2, 0.25) is 0 Å². The minimum Gasteiger partial charge on any atom is -0.619 e. The third-order valence-electron chi connectivity index (χ3n) is 4.41. The van der Waals surface area contributed by atoms with Crippen LogP contribution in [0.5, 0.6) is 0 Å². The third-order valence-corrected chi connectivity index (χ3v) is 4.41.